The maximum absolute atomic E-state index is 12.6. The summed E-state index contributed by atoms with van der Waals surface area (Å²) in [5, 5.41) is 17.9. The first-order chi connectivity index (χ1) is 12.8. The molecule has 1 fully saturated rings. The summed E-state index contributed by atoms with van der Waals surface area (Å²) in [6.45, 7) is 1.95. The lowest BCUT2D eigenvalue weighted by molar-refractivity contribution is -0.145. The van der Waals surface area contributed by atoms with E-state index in [2.05, 4.69) is 0 Å². The van der Waals surface area contributed by atoms with Crippen LogP contribution in [0.5, 0.6) is 5.75 Å². The molecule has 1 heterocycles. The second kappa shape index (κ2) is 9.52. The zero-order valence-electron chi connectivity index (χ0n) is 14.6. The number of rotatable bonds is 9. The molecule has 1 aliphatic heterocycles. The third kappa shape index (κ3) is 5.54. The molecule has 1 aromatic carbocycles. The van der Waals surface area contributed by atoms with Gasteiger partial charge in [-0.1, -0.05) is 49.1 Å². The van der Waals surface area contributed by atoms with Crippen molar-refractivity contribution in [3.63, 3.8) is 0 Å². The van der Waals surface area contributed by atoms with E-state index >= 15 is 0 Å². The van der Waals surface area contributed by atoms with Gasteiger partial charge < -0.3 is 14.9 Å². The van der Waals surface area contributed by atoms with Crippen LogP contribution >= 0.6 is 24.0 Å². The van der Waals surface area contributed by atoms with Crippen molar-refractivity contribution in [1.29, 1.82) is 0 Å². The van der Waals surface area contributed by atoms with Crippen LogP contribution in [-0.2, 0) is 14.4 Å². The molecule has 0 spiro atoms. The molecule has 1 saturated heterocycles. The number of hydrogen-bond acceptors (Lipinski definition) is 6. The molecule has 1 amide bonds. The van der Waals surface area contributed by atoms with Crippen molar-refractivity contribution in [2.45, 2.75) is 32.3 Å². The smallest absolute Gasteiger partial charge is 0.344 e. The summed E-state index contributed by atoms with van der Waals surface area (Å²) in [5.41, 5.74) is 0.572. The third-order valence-electron chi connectivity index (χ3n) is 3.77. The first-order valence-corrected chi connectivity index (χ1v) is 9.51. The van der Waals surface area contributed by atoms with E-state index in [1.54, 1.807) is 37.3 Å². The Morgan fingerprint density at radius 2 is 2.04 bits per heavy atom. The van der Waals surface area contributed by atoms with E-state index in [4.69, 9.17) is 22.1 Å². The maximum atomic E-state index is 12.6. The van der Waals surface area contributed by atoms with Gasteiger partial charge in [0.1, 0.15) is 10.1 Å². The topological polar surface area (TPSA) is 104 Å². The average Bonchev–Trinajstić information content (AvgIpc) is 2.87. The summed E-state index contributed by atoms with van der Waals surface area (Å²) in [6.07, 6.45) is 1.20. The van der Waals surface area contributed by atoms with Gasteiger partial charge in [-0.15, -0.1) is 0 Å². The predicted octanol–water partition coefficient (Wildman–Crippen LogP) is 2.99. The van der Waals surface area contributed by atoms with Crippen LogP contribution in [0.3, 0.4) is 0 Å². The van der Waals surface area contributed by atoms with E-state index in [1.165, 1.54) is 4.90 Å². The molecule has 0 radical (unpaired) electrons. The van der Waals surface area contributed by atoms with Crippen molar-refractivity contribution in [2.24, 2.45) is 0 Å². The summed E-state index contributed by atoms with van der Waals surface area (Å²) in [6, 6.07) is 6.85. The van der Waals surface area contributed by atoms with E-state index in [1.807, 2.05) is 0 Å². The van der Waals surface area contributed by atoms with Crippen molar-refractivity contribution < 1.29 is 29.3 Å². The number of ether oxygens (including phenoxy) is 1. The fourth-order valence-electron chi connectivity index (χ4n) is 2.39. The highest BCUT2D eigenvalue weighted by molar-refractivity contribution is 8.26. The number of benzene rings is 1. The number of amides is 1. The number of aliphatic carboxylic acids is 2. The number of carboxylic acids is 2. The van der Waals surface area contributed by atoms with E-state index < -0.39 is 18.0 Å². The van der Waals surface area contributed by atoms with Crippen LogP contribution < -0.4 is 4.74 Å². The minimum Gasteiger partial charge on any atom is -0.481 e. The van der Waals surface area contributed by atoms with Gasteiger partial charge in [-0.2, -0.15) is 0 Å². The van der Waals surface area contributed by atoms with Crippen molar-refractivity contribution in [2.75, 3.05) is 6.54 Å². The number of carbonyl (C=O) groups excluding carboxylic acids is 1. The van der Waals surface area contributed by atoms with Crippen LogP contribution in [-0.4, -0.2) is 49.9 Å². The number of hydrogen-bond donors (Lipinski definition) is 2. The molecule has 9 heteroatoms. The fraction of sp³-hybridized carbons (Fsp3) is 0.333. The lowest BCUT2D eigenvalue weighted by atomic mass is 10.1. The molecule has 0 saturated carbocycles. The normalized spacial score (nSPS) is 16.6. The highest BCUT2D eigenvalue weighted by Crippen LogP contribution is 2.34. The minimum absolute atomic E-state index is 0.0413. The molecule has 1 unspecified atom stereocenters. The second-order valence-corrected chi connectivity index (χ2v) is 7.40. The number of thiocarbonyl (C=S) groups is 1. The Labute approximate surface area is 166 Å². The van der Waals surface area contributed by atoms with Gasteiger partial charge in [0, 0.05) is 18.5 Å². The summed E-state index contributed by atoms with van der Waals surface area (Å²) < 4.78 is 5.94. The fourth-order valence-corrected chi connectivity index (χ4v) is 3.69. The highest BCUT2D eigenvalue weighted by Gasteiger charge is 2.32. The van der Waals surface area contributed by atoms with E-state index in [0.717, 1.165) is 11.8 Å². The quantitative estimate of drug-likeness (QED) is 0.474. The highest BCUT2D eigenvalue weighted by atomic mass is 32.2. The van der Waals surface area contributed by atoms with Crippen molar-refractivity contribution in [1.82, 2.24) is 4.90 Å². The third-order valence-corrected chi connectivity index (χ3v) is 5.14. The van der Waals surface area contributed by atoms with Crippen molar-refractivity contribution in [3.05, 3.63) is 34.7 Å². The molecule has 144 valence electrons. The molecule has 1 atom stereocenters. The Bertz CT molecular complexity index is 792. The molecule has 0 aliphatic carbocycles. The summed E-state index contributed by atoms with van der Waals surface area (Å²) in [7, 11) is 0. The summed E-state index contributed by atoms with van der Waals surface area (Å²) in [4.78, 5) is 36.2. The van der Waals surface area contributed by atoms with Crippen molar-refractivity contribution in [3.8, 4) is 5.75 Å². The minimum atomic E-state index is -1.06. The van der Waals surface area contributed by atoms with Gasteiger partial charge in [-0.25, -0.2) is 4.79 Å². The van der Waals surface area contributed by atoms with Gasteiger partial charge in [-0.3, -0.25) is 14.5 Å². The number of thioether (sulfide) groups is 1. The Kier molecular flexibility index (Phi) is 7.37. The van der Waals surface area contributed by atoms with E-state index in [0.29, 0.717) is 33.4 Å². The molecule has 2 rings (SSSR count). The van der Waals surface area contributed by atoms with Crippen LogP contribution in [0.25, 0.3) is 6.08 Å². The zero-order chi connectivity index (χ0) is 20.0. The molecule has 0 aromatic heterocycles. The maximum Gasteiger partial charge on any atom is 0.344 e. The number of nitrogens with zero attached hydrogens (tertiary/aromatic N) is 1. The van der Waals surface area contributed by atoms with Gasteiger partial charge in [-0.05, 0) is 25.0 Å². The largest absolute Gasteiger partial charge is 0.481 e. The van der Waals surface area contributed by atoms with Crippen LogP contribution in [0, 0.1) is 0 Å². The number of para-hydroxylation sites is 1. The van der Waals surface area contributed by atoms with E-state index in [-0.39, 0.29) is 18.9 Å². The molecule has 1 aliphatic rings. The molecular formula is C18H19NO6S2. The summed E-state index contributed by atoms with van der Waals surface area (Å²) in [5.74, 6) is -1.92. The monoisotopic (exact) mass is 409 g/mol. The van der Waals surface area contributed by atoms with Gasteiger partial charge in [0.2, 0.25) is 0 Å². The van der Waals surface area contributed by atoms with E-state index in [9.17, 15) is 19.5 Å². The van der Waals surface area contributed by atoms with Gasteiger partial charge >= 0.3 is 11.9 Å². The lowest BCUT2D eigenvalue weighted by Gasteiger charge is -2.15. The second-order valence-electron chi connectivity index (χ2n) is 5.72. The Balaban J connectivity index is 2.19. The Morgan fingerprint density at radius 3 is 2.67 bits per heavy atom. The molecule has 2 N–H and O–H groups in total. The molecule has 7 nitrogen and oxygen atoms in total. The number of carboxylic acid groups (broad SMARTS) is 2. The summed E-state index contributed by atoms with van der Waals surface area (Å²) >= 11 is 6.34. The van der Waals surface area contributed by atoms with Crippen LogP contribution in [0.15, 0.2) is 29.2 Å². The first-order valence-electron chi connectivity index (χ1n) is 8.29. The Hall–Kier alpha value is -2.39. The zero-order valence-corrected chi connectivity index (χ0v) is 16.2. The van der Waals surface area contributed by atoms with Crippen molar-refractivity contribution >= 4 is 52.2 Å². The lowest BCUT2D eigenvalue weighted by Crippen LogP contribution is -2.29. The molecule has 27 heavy (non-hydrogen) atoms. The molecular weight excluding hydrogens is 390 g/mol. The standard InChI is InChI=1S/C18H19NO6S2/c1-2-12(17(23)24)25-13-7-4-3-6-11(13)10-14-16(22)19(18(26)27-14)9-5-8-15(20)21/h3-4,6-7,10,12H,2,5,8-9H2,1H3,(H,20,21)(H,23,24)/b14-10-. The van der Waals surface area contributed by atoms with Gasteiger partial charge in [0.25, 0.3) is 5.91 Å². The molecule has 0 bridgehead atoms. The van der Waals surface area contributed by atoms with Gasteiger partial charge in [0.05, 0.1) is 4.91 Å². The number of carbonyl (C=O) groups is 3. The van der Waals surface area contributed by atoms with Crippen LogP contribution in [0.2, 0.25) is 0 Å². The van der Waals surface area contributed by atoms with Crippen LogP contribution in [0.1, 0.15) is 31.7 Å². The first kappa shape index (κ1) is 20.9. The van der Waals surface area contributed by atoms with Crippen LogP contribution in [0.4, 0.5) is 0 Å². The molecule has 1 aromatic rings. The van der Waals surface area contributed by atoms with Gasteiger partial charge in [0.15, 0.2) is 6.10 Å². The average molecular weight is 409 g/mol. The Morgan fingerprint density at radius 1 is 1.33 bits per heavy atom. The predicted molar refractivity (Wildman–Crippen MR) is 106 cm³/mol. The SMILES string of the molecule is CCC(Oc1ccccc1/C=C1\SC(=S)N(CCCC(=O)O)C1=O)C(=O)O.